The van der Waals surface area contributed by atoms with E-state index in [0.29, 0.717) is 11.6 Å². The maximum absolute atomic E-state index is 13.3. The molecule has 2 heterocycles. The lowest BCUT2D eigenvalue weighted by Crippen LogP contribution is -2.48. The molecule has 5 nitrogen and oxygen atoms in total. The van der Waals surface area contributed by atoms with Crippen LogP contribution in [0.15, 0.2) is 54.6 Å². The van der Waals surface area contributed by atoms with Gasteiger partial charge in [-0.3, -0.25) is 14.4 Å². The van der Waals surface area contributed by atoms with Gasteiger partial charge in [0.05, 0.1) is 17.8 Å². The number of aryl methyl sites for hydroxylation is 1. The summed E-state index contributed by atoms with van der Waals surface area (Å²) in [5.41, 5.74) is 4.70. The van der Waals surface area contributed by atoms with Crippen molar-refractivity contribution in [3.63, 3.8) is 0 Å². The second-order valence-electron chi connectivity index (χ2n) is 7.85. The Hall–Kier alpha value is -2.63. The number of carbonyl (C=O) groups excluding carboxylic acids is 1. The minimum absolute atomic E-state index is 0.0785. The molecule has 3 aromatic rings. The molecule has 0 atom stereocenters. The molecule has 0 radical (unpaired) electrons. The molecule has 1 saturated heterocycles. The van der Waals surface area contributed by atoms with Crippen molar-refractivity contribution in [3.8, 4) is 0 Å². The first-order valence-electron chi connectivity index (χ1n) is 10.4. The number of amides is 1. The molecule has 1 aliphatic rings. The third-order valence-electron chi connectivity index (χ3n) is 5.78. The SMILES string of the molecule is Cc1nn(Cc2ccccc2Cl)c(C)c1C(=O)N1CCN(Cc2ccccc2)CC1. The Bertz CT molecular complexity index is 1020. The largest absolute Gasteiger partial charge is 0.336 e. The van der Waals surface area contributed by atoms with Gasteiger partial charge in [-0.1, -0.05) is 60.1 Å². The first-order chi connectivity index (χ1) is 14.5. The molecule has 0 saturated carbocycles. The van der Waals surface area contributed by atoms with Gasteiger partial charge in [0.15, 0.2) is 0 Å². The Balaban J connectivity index is 1.43. The lowest BCUT2D eigenvalue weighted by atomic mass is 10.1. The molecular weight excluding hydrogens is 396 g/mol. The van der Waals surface area contributed by atoms with E-state index in [-0.39, 0.29) is 5.91 Å². The molecule has 1 aromatic heterocycles. The number of aromatic nitrogens is 2. The summed E-state index contributed by atoms with van der Waals surface area (Å²) in [5.74, 6) is 0.0785. The van der Waals surface area contributed by atoms with E-state index in [0.717, 1.165) is 55.2 Å². The van der Waals surface area contributed by atoms with Crippen molar-refractivity contribution in [1.82, 2.24) is 19.6 Å². The molecule has 0 spiro atoms. The summed E-state index contributed by atoms with van der Waals surface area (Å²) in [7, 11) is 0. The smallest absolute Gasteiger partial charge is 0.257 e. The maximum atomic E-state index is 13.3. The van der Waals surface area contributed by atoms with Gasteiger partial charge in [0.1, 0.15) is 0 Å². The number of hydrogen-bond donors (Lipinski definition) is 0. The van der Waals surface area contributed by atoms with Crippen molar-refractivity contribution >= 4 is 17.5 Å². The Kier molecular flexibility index (Phi) is 6.21. The first-order valence-corrected chi connectivity index (χ1v) is 10.7. The minimum atomic E-state index is 0.0785. The van der Waals surface area contributed by atoms with Gasteiger partial charge in [-0.15, -0.1) is 0 Å². The van der Waals surface area contributed by atoms with Crippen LogP contribution in [0, 0.1) is 13.8 Å². The quantitative estimate of drug-likeness (QED) is 0.620. The van der Waals surface area contributed by atoms with Gasteiger partial charge < -0.3 is 4.90 Å². The van der Waals surface area contributed by atoms with E-state index >= 15 is 0 Å². The van der Waals surface area contributed by atoms with E-state index in [2.05, 4.69) is 34.3 Å². The second-order valence-corrected chi connectivity index (χ2v) is 8.26. The Labute approximate surface area is 182 Å². The van der Waals surface area contributed by atoms with Gasteiger partial charge >= 0.3 is 0 Å². The van der Waals surface area contributed by atoms with Gasteiger partial charge in [0.25, 0.3) is 5.91 Å². The van der Waals surface area contributed by atoms with Crippen molar-refractivity contribution in [1.29, 1.82) is 0 Å². The molecule has 6 heteroatoms. The van der Waals surface area contributed by atoms with Gasteiger partial charge in [-0.05, 0) is 31.0 Å². The lowest BCUT2D eigenvalue weighted by Gasteiger charge is -2.34. The molecule has 0 unspecified atom stereocenters. The van der Waals surface area contributed by atoms with Crippen molar-refractivity contribution < 1.29 is 4.79 Å². The normalized spacial score (nSPS) is 14.8. The number of piperazine rings is 1. The summed E-state index contributed by atoms with van der Waals surface area (Å²) in [6.45, 7) is 8.60. The lowest BCUT2D eigenvalue weighted by molar-refractivity contribution is 0.0627. The predicted molar refractivity (Wildman–Crippen MR) is 120 cm³/mol. The first kappa shape index (κ1) is 20.6. The number of carbonyl (C=O) groups is 1. The van der Waals surface area contributed by atoms with Crippen LogP contribution >= 0.6 is 11.6 Å². The molecule has 1 aliphatic heterocycles. The van der Waals surface area contributed by atoms with E-state index in [4.69, 9.17) is 11.6 Å². The van der Waals surface area contributed by atoms with Gasteiger partial charge in [-0.25, -0.2) is 0 Å². The van der Waals surface area contributed by atoms with Crippen LogP contribution in [0.2, 0.25) is 5.02 Å². The van der Waals surface area contributed by atoms with Crippen molar-refractivity contribution in [2.75, 3.05) is 26.2 Å². The van der Waals surface area contributed by atoms with E-state index in [1.54, 1.807) is 0 Å². The minimum Gasteiger partial charge on any atom is -0.336 e. The van der Waals surface area contributed by atoms with Crippen LogP contribution in [-0.2, 0) is 13.1 Å². The van der Waals surface area contributed by atoms with E-state index in [1.807, 2.05) is 53.8 Å². The van der Waals surface area contributed by atoms with Crippen LogP contribution in [0.25, 0.3) is 0 Å². The molecule has 0 aliphatic carbocycles. The Morgan fingerprint density at radius 2 is 1.60 bits per heavy atom. The molecule has 2 aromatic carbocycles. The van der Waals surface area contributed by atoms with Crippen LogP contribution < -0.4 is 0 Å². The Morgan fingerprint density at radius 3 is 2.30 bits per heavy atom. The highest BCUT2D eigenvalue weighted by Crippen LogP contribution is 2.21. The fourth-order valence-electron chi connectivity index (χ4n) is 4.06. The van der Waals surface area contributed by atoms with E-state index in [1.165, 1.54) is 5.56 Å². The van der Waals surface area contributed by atoms with Gasteiger partial charge in [0, 0.05) is 43.4 Å². The van der Waals surface area contributed by atoms with Crippen molar-refractivity contribution in [2.45, 2.75) is 26.9 Å². The Morgan fingerprint density at radius 1 is 0.933 bits per heavy atom. The number of halogens is 1. The second kappa shape index (κ2) is 9.02. The third kappa shape index (κ3) is 4.42. The van der Waals surface area contributed by atoms with Crippen LogP contribution in [0.3, 0.4) is 0 Å². The van der Waals surface area contributed by atoms with Crippen LogP contribution in [0.5, 0.6) is 0 Å². The van der Waals surface area contributed by atoms with Crippen molar-refractivity contribution in [2.24, 2.45) is 0 Å². The maximum Gasteiger partial charge on any atom is 0.257 e. The molecule has 4 rings (SSSR count). The fraction of sp³-hybridized carbons (Fsp3) is 0.333. The van der Waals surface area contributed by atoms with Crippen molar-refractivity contribution in [3.05, 3.63) is 87.7 Å². The van der Waals surface area contributed by atoms with Crippen LogP contribution in [0.4, 0.5) is 0 Å². The summed E-state index contributed by atoms with van der Waals surface area (Å²) in [6, 6.07) is 18.2. The number of benzene rings is 2. The number of nitrogens with zero attached hydrogens (tertiary/aromatic N) is 4. The molecule has 0 bridgehead atoms. The fourth-order valence-corrected chi connectivity index (χ4v) is 4.25. The monoisotopic (exact) mass is 422 g/mol. The molecule has 30 heavy (non-hydrogen) atoms. The summed E-state index contributed by atoms with van der Waals surface area (Å²) in [6.07, 6.45) is 0. The summed E-state index contributed by atoms with van der Waals surface area (Å²) < 4.78 is 1.88. The van der Waals surface area contributed by atoms with Gasteiger partial charge in [-0.2, -0.15) is 5.10 Å². The summed E-state index contributed by atoms with van der Waals surface area (Å²) in [4.78, 5) is 17.6. The number of hydrogen-bond acceptors (Lipinski definition) is 3. The highest BCUT2D eigenvalue weighted by Gasteiger charge is 2.27. The molecule has 1 fully saturated rings. The highest BCUT2D eigenvalue weighted by atomic mass is 35.5. The van der Waals surface area contributed by atoms with E-state index < -0.39 is 0 Å². The highest BCUT2D eigenvalue weighted by molar-refractivity contribution is 6.31. The summed E-state index contributed by atoms with van der Waals surface area (Å²) >= 11 is 6.31. The topological polar surface area (TPSA) is 41.4 Å². The van der Waals surface area contributed by atoms with Gasteiger partial charge in [0.2, 0.25) is 0 Å². The molecule has 0 N–H and O–H groups in total. The zero-order chi connectivity index (χ0) is 21.1. The van der Waals surface area contributed by atoms with Crippen LogP contribution in [-0.4, -0.2) is 51.7 Å². The zero-order valence-electron chi connectivity index (χ0n) is 17.5. The molecular formula is C24H27ClN4O. The van der Waals surface area contributed by atoms with E-state index in [9.17, 15) is 4.79 Å². The number of rotatable bonds is 5. The standard InChI is InChI=1S/C24H27ClN4O/c1-18-23(19(2)29(26-18)17-21-10-6-7-11-22(21)25)24(30)28-14-12-27(13-15-28)16-20-8-4-3-5-9-20/h3-11H,12-17H2,1-2H3. The molecule has 156 valence electrons. The zero-order valence-corrected chi connectivity index (χ0v) is 18.3. The molecule has 1 amide bonds. The predicted octanol–water partition coefficient (Wildman–Crippen LogP) is 4.16. The average molecular weight is 423 g/mol. The van der Waals surface area contributed by atoms with Crippen LogP contribution in [0.1, 0.15) is 32.9 Å². The average Bonchev–Trinajstić information content (AvgIpc) is 3.03. The third-order valence-corrected chi connectivity index (χ3v) is 6.15. The summed E-state index contributed by atoms with van der Waals surface area (Å²) in [5, 5.41) is 5.35.